The van der Waals surface area contributed by atoms with Crippen molar-refractivity contribution in [2.45, 2.75) is 19.1 Å². The number of rotatable bonds is 3. The van der Waals surface area contributed by atoms with Gasteiger partial charge in [-0.3, -0.25) is 4.79 Å². The quantitative estimate of drug-likeness (QED) is 0.879. The van der Waals surface area contributed by atoms with Gasteiger partial charge in [0, 0.05) is 11.6 Å². The molecule has 0 radical (unpaired) electrons. The molecular weight excluding hydrogens is 355 g/mol. The van der Waals surface area contributed by atoms with Gasteiger partial charge in [-0.1, -0.05) is 35.9 Å². The summed E-state index contributed by atoms with van der Waals surface area (Å²) in [7, 11) is 0. The first-order valence-corrected chi connectivity index (χ1v) is 8.06. The summed E-state index contributed by atoms with van der Waals surface area (Å²) >= 11 is 5.65. The Hall–Kier alpha value is -2.21. The Bertz CT molecular complexity index is 792. The topological polar surface area (TPSA) is 38.3 Å². The lowest BCUT2D eigenvalue weighted by molar-refractivity contribution is -0.138. The molecule has 2 aromatic carbocycles. The van der Waals surface area contributed by atoms with Gasteiger partial charge in [0.15, 0.2) is 0 Å². The van der Waals surface area contributed by atoms with Crippen molar-refractivity contribution in [1.82, 2.24) is 5.32 Å². The Morgan fingerprint density at radius 2 is 2.00 bits per heavy atom. The van der Waals surface area contributed by atoms with Crippen LogP contribution in [0.25, 0.3) is 0 Å². The predicted octanol–water partition coefficient (Wildman–Crippen LogP) is 4.23. The molecule has 1 aliphatic rings. The van der Waals surface area contributed by atoms with E-state index in [9.17, 15) is 18.0 Å². The molecule has 0 saturated heterocycles. The van der Waals surface area contributed by atoms with Crippen LogP contribution in [0.4, 0.5) is 13.2 Å². The van der Waals surface area contributed by atoms with E-state index in [1.807, 2.05) is 24.3 Å². The van der Waals surface area contributed by atoms with Crippen LogP contribution in [0.2, 0.25) is 5.02 Å². The molecule has 1 atom stereocenters. The number of nitrogens with one attached hydrogen (secondary N) is 1. The molecule has 3 rings (SSSR count). The van der Waals surface area contributed by atoms with Gasteiger partial charge < -0.3 is 10.1 Å². The van der Waals surface area contributed by atoms with E-state index in [1.54, 1.807) is 0 Å². The Kier molecular flexibility index (Phi) is 4.90. The summed E-state index contributed by atoms with van der Waals surface area (Å²) in [5, 5.41) is 2.57. The Labute approximate surface area is 147 Å². The highest BCUT2D eigenvalue weighted by atomic mass is 35.5. The molecule has 0 bridgehead atoms. The van der Waals surface area contributed by atoms with Crippen LogP contribution < -0.4 is 10.1 Å². The minimum atomic E-state index is -4.53. The van der Waals surface area contributed by atoms with Crippen molar-refractivity contribution >= 4 is 17.5 Å². The second-order valence-corrected chi connectivity index (χ2v) is 6.27. The lowest BCUT2D eigenvalue weighted by atomic mass is 9.96. The highest BCUT2D eigenvalue weighted by Gasteiger charge is 2.34. The van der Waals surface area contributed by atoms with Crippen molar-refractivity contribution in [2.24, 2.45) is 5.92 Å². The average Bonchev–Trinajstić information content (AvgIpc) is 2.59. The van der Waals surface area contributed by atoms with E-state index in [1.165, 1.54) is 12.1 Å². The Morgan fingerprint density at radius 1 is 1.24 bits per heavy atom. The smallest absolute Gasteiger partial charge is 0.416 e. The number of para-hydroxylation sites is 1. The molecule has 2 aromatic rings. The predicted molar refractivity (Wildman–Crippen MR) is 87.4 cm³/mol. The third kappa shape index (κ3) is 4.07. The summed E-state index contributed by atoms with van der Waals surface area (Å²) in [6.45, 7) is -0.0153. The van der Waals surface area contributed by atoms with Crippen LogP contribution in [0.3, 0.4) is 0 Å². The average molecular weight is 370 g/mol. The van der Waals surface area contributed by atoms with Crippen molar-refractivity contribution in [3.63, 3.8) is 0 Å². The molecule has 0 saturated carbocycles. The molecule has 7 heteroatoms. The minimum absolute atomic E-state index is 0.000288. The number of fused-ring (bicyclic) bond motifs is 1. The summed E-state index contributed by atoms with van der Waals surface area (Å²) in [6, 6.07) is 10.9. The van der Waals surface area contributed by atoms with Crippen LogP contribution >= 0.6 is 11.6 Å². The first kappa shape index (κ1) is 17.6. The molecular formula is C18H15ClF3NO2. The number of carbonyl (C=O) groups is 1. The first-order chi connectivity index (χ1) is 11.8. The van der Waals surface area contributed by atoms with Crippen molar-refractivity contribution in [3.05, 3.63) is 64.2 Å². The van der Waals surface area contributed by atoms with Crippen molar-refractivity contribution in [2.75, 3.05) is 6.61 Å². The lowest BCUT2D eigenvalue weighted by Crippen LogP contribution is -2.37. The molecule has 1 unspecified atom stereocenters. The van der Waals surface area contributed by atoms with E-state index in [0.29, 0.717) is 6.42 Å². The second kappa shape index (κ2) is 6.96. The summed E-state index contributed by atoms with van der Waals surface area (Å²) in [6.07, 6.45) is -4.04. The van der Waals surface area contributed by atoms with Gasteiger partial charge in [-0.25, -0.2) is 0 Å². The zero-order valence-electron chi connectivity index (χ0n) is 13.1. The van der Waals surface area contributed by atoms with Crippen LogP contribution in [-0.4, -0.2) is 12.5 Å². The van der Waals surface area contributed by atoms with E-state index in [-0.39, 0.29) is 29.6 Å². The summed E-state index contributed by atoms with van der Waals surface area (Å²) in [5.74, 6) is -0.0299. The minimum Gasteiger partial charge on any atom is -0.492 e. The van der Waals surface area contributed by atoms with Crippen LogP contribution in [0.15, 0.2) is 42.5 Å². The second-order valence-electron chi connectivity index (χ2n) is 5.84. The Morgan fingerprint density at radius 3 is 2.76 bits per heavy atom. The van der Waals surface area contributed by atoms with E-state index < -0.39 is 17.7 Å². The molecule has 0 fully saturated rings. The molecule has 1 amide bonds. The van der Waals surface area contributed by atoms with Crippen LogP contribution in [0.1, 0.15) is 16.7 Å². The van der Waals surface area contributed by atoms with E-state index in [0.717, 1.165) is 17.4 Å². The number of carbonyl (C=O) groups excluding carboxylic acids is 1. The van der Waals surface area contributed by atoms with Crippen molar-refractivity contribution in [3.8, 4) is 5.75 Å². The molecule has 132 valence electrons. The molecule has 3 nitrogen and oxygen atoms in total. The molecule has 1 aliphatic heterocycles. The fourth-order valence-electron chi connectivity index (χ4n) is 2.79. The van der Waals surface area contributed by atoms with Gasteiger partial charge in [-0.15, -0.1) is 0 Å². The van der Waals surface area contributed by atoms with Crippen LogP contribution in [0, 0.1) is 5.92 Å². The zero-order chi connectivity index (χ0) is 18.0. The number of benzene rings is 2. The van der Waals surface area contributed by atoms with Gasteiger partial charge in [-0.05, 0) is 35.7 Å². The number of ether oxygens (including phenoxy) is 1. The van der Waals surface area contributed by atoms with Crippen molar-refractivity contribution < 1.29 is 22.7 Å². The fraction of sp³-hybridized carbons (Fsp3) is 0.278. The fourth-order valence-corrected chi connectivity index (χ4v) is 2.96. The summed E-state index contributed by atoms with van der Waals surface area (Å²) in [5.41, 5.74) is 0.0456. The molecule has 1 heterocycles. The van der Waals surface area contributed by atoms with Crippen LogP contribution in [0.5, 0.6) is 5.75 Å². The third-order valence-electron chi connectivity index (χ3n) is 4.08. The third-order valence-corrected chi connectivity index (χ3v) is 4.32. The molecule has 0 aromatic heterocycles. The van der Waals surface area contributed by atoms with Gasteiger partial charge in [0.05, 0.1) is 11.5 Å². The van der Waals surface area contributed by atoms with Gasteiger partial charge in [0.1, 0.15) is 12.4 Å². The molecule has 25 heavy (non-hydrogen) atoms. The van der Waals surface area contributed by atoms with Crippen molar-refractivity contribution in [1.29, 1.82) is 0 Å². The monoisotopic (exact) mass is 369 g/mol. The maximum atomic E-state index is 13.1. The SMILES string of the molecule is O=C(NCc1ccc(Cl)cc1C(F)(F)F)C1COc2ccccc2C1. The number of halogens is 4. The normalized spacial score (nSPS) is 16.7. The zero-order valence-corrected chi connectivity index (χ0v) is 13.8. The highest BCUT2D eigenvalue weighted by molar-refractivity contribution is 6.30. The number of hydrogen-bond donors (Lipinski definition) is 1. The van der Waals surface area contributed by atoms with E-state index in [2.05, 4.69) is 5.32 Å². The van der Waals surface area contributed by atoms with Gasteiger partial charge >= 0.3 is 6.18 Å². The molecule has 0 aliphatic carbocycles. The first-order valence-electron chi connectivity index (χ1n) is 7.68. The number of amides is 1. The van der Waals surface area contributed by atoms with E-state index >= 15 is 0 Å². The van der Waals surface area contributed by atoms with Gasteiger partial charge in [-0.2, -0.15) is 13.2 Å². The standard InChI is InChI=1S/C18H15ClF3NO2/c19-14-6-5-12(15(8-14)18(20,21)22)9-23-17(24)13-7-11-3-1-2-4-16(11)25-10-13/h1-6,8,13H,7,9-10H2,(H,23,24). The summed E-state index contributed by atoms with van der Waals surface area (Å²) in [4.78, 5) is 12.3. The maximum Gasteiger partial charge on any atom is 0.416 e. The molecule has 1 N–H and O–H groups in total. The maximum absolute atomic E-state index is 13.1. The number of hydrogen-bond acceptors (Lipinski definition) is 2. The summed E-state index contributed by atoms with van der Waals surface area (Å²) < 4.78 is 44.8. The number of alkyl halides is 3. The highest BCUT2D eigenvalue weighted by Crippen LogP contribution is 2.34. The van der Waals surface area contributed by atoms with E-state index in [4.69, 9.17) is 16.3 Å². The Balaban J connectivity index is 1.68. The largest absolute Gasteiger partial charge is 0.492 e. The van der Waals surface area contributed by atoms with Gasteiger partial charge in [0.2, 0.25) is 5.91 Å². The van der Waals surface area contributed by atoms with Crippen LogP contribution in [-0.2, 0) is 23.9 Å². The lowest BCUT2D eigenvalue weighted by Gasteiger charge is -2.24. The molecule has 0 spiro atoms. The van der Waals surface area contributed by atoms with Gasteiger partial charge in [0.25, 0.3) is 0 Å².